The average Bonchev–Trinajstić information content (AvgIpc) is 2.05. The normalized spacial score (nSPS) is 9.08. The Labute approximate surface area is 89.6 Å². The van der Waals surface area contributed by atoms with Crippen molar-refractivity contribution in [1.82, 2.24) is 5.32 Å². The number of benzene rings is 1. The van der Waals surface area contributed by atoms with E-state index in [-0.39, 0.29) is 12.4 Å². The average molecular weight is 222 g/mol. The molecule has 0 heterocycles. The van der Waals surface area contributed by atoms with Gasteiger partial charge in [-0.1, -0.05) is 17.7 Å². The minimum atomic E-state index is 0. The predicted octanol–water partition coefficient (Wildman–Crippen LogP) is 2.36. The Morgan fingerprint density at radius 3 is 2.85 bits per heavy atom. The van der Waals surface area contributed by atoms with Crippen molar-refractivity contribution in [1.29, 1.82) is 0 Å². The molecule has 0 spiro atoms. The van der Waals surface area contributed by atoms with Crippen molar-refractivity contribution in [3.8, 4) is 5.75 Å². The van der Waals surface area contributed by atoms with Crippen LogP contribution in [0.2, 0.25) is 5.02 Å². The van der Waals surface area contributed by atoms with Crippen LogP contribution in [-0.2, 0) is 0 Å². The molecule has 0 aliphatic rings. The number of nitrogens with one attached hydrogen (secondary N) is 1. The molecule has 13 heavy (non-hydrogen) atoms. The molecule has 1 aromatic rings. The lowest BCUT2D eigenvalue weighted by Gasteiger charge is -2.04. The zero-order valence-electron chi connectivity index (χ0n) is 7.42. The summed E-state index contributed by atoms with van der Waals surface area (Å²) in [5.41, 5.74) is 0. The highest BCUT2D eigenvalue weighted by atomic mass is 35.5. The predicted molar refractivity (Wildman–Crippen MR) is 58.1 cm³/mol. The van der Waals surface area contributed by atoms with Crippen molar-refractivity contribution in [2.24, 2.45) is 0 Å². The van der Waals surface area contributed by atoms with Crippen molar-refractivity contribution in [2.45, 2.75) is 0 Å². The number of hydrogen-bond acceptors (Lipinski definition) is 2. The minimum Gasteiger partial charge on any atom is -0.492 e. The van der Waals surface area contributed by atoms with Gasteiger partial charge in [0.15, 0.2) is 0 Å². The Balaban J connectivity index is 0.00000144. The van der Waals surface area contributed by atoms with E-state index in [1.807, 2.05) is 25.2 Å². The zero-order valence-corrected chi connectivity index (χ0v) is 8.99. The first-order chi connectivity index (χ1) is 5.83. The molecule has 0 atom stereocenters. The lowest BCUT2D eigenvalue weighted by molar-refractivity contribution is 0.318. The molecule has 0 aliphatic heterocycles. The molecule has 4 heteroatoms. The highest BCUT2D eigenvalue weighted by molar-refractivity contribution is 6.30. The van der Waals surface area contributed by atoms with Gasteiger partial charge in [-0.2, -0.15) is 0 Å². The van der Waals surface area contributed by atoms with Gasteiger partial charge in [0, 0.05) is 11.6 Å². The second-order valence-electron chi connectivity index (χ2n) is 2.41. The Hall–Kier alpha value is -0.440. The van der Waals surface area contributed by atoms with Crippen LogP contribution in [0.4, 0.5) is 0 Å². The van der Waals surface area contributed by atoms with E-state index in [2.05, 4.69) is 5.32 Å². The topological polar surface area (TPSA) is 21.3 Å². The van der Waals surface area contributed by atoms with Crippen molar-refractivity contribution in [3.05, 3.63) is 29.3 Å². The van der Waals surface area contributed by atoms with E-state index in [0.29, 0.717) is 11.6 Å². The maximum atomic E-state index is 5.76. The first-order valence-electron chi connectivity index (χ1n) is 3.86. The molecule has 0 saturated carbocycles. The summed E-state index contributed by atoms with van der Waals surface area (Å²) in [7, 11) is 1.89. The van der Waals surface area contributed by atoms with E-state index >= 15 is 0 Å². The van der Waals surface area contributed by atoms with Crippen molar-refractivity contribution in [3.63, 3.8) is 0 Å². The zero-order chi connectivity index (χ0) is 8.81. The van der Waals surface area contributed by atoms with Gasteiger partial charge in [0.1, 0.15) is 12.4 Å². The quantitative estimate of drug-likeness (QED) is 0.789. The maximum Gasteiger partial charge on any atom is 0.120 e. The molecule has 74 valence electrons. The number of rotatable bonds is 4. The van der Waals surface area contributed by atoms with Crippen LogP contribution in [0.1, 0.15) is 0 Å². The third-order valence-electron chi connectivity index (χ3n) is 1.42. The van der Waals surface area contributed by atoms with Crippen LogP contribution in [0.3, 0.4) is 0 Å². The Bertz CT molecular complexity index is 243. The highest BCUT2D eigenvalue weighted by Crippen LogP contribution is 2.16. The van der Waals surface area contributed by atoms with Gasteiger partial charge in [-0.15, -0.1) is 12.4 Å². The monoisotopic (exact) mass is 221 g/mol. The molecular weight excluding hydrogens is 209 g/mol. The molecular formula is C9H13Cl2NO. The second kappa shape index (κ2) is 7.01. The van der Waals surface area contributed by atoms with Gasteiger partial charge >= 0.3 is 0 Å². The third-order valence-corrected chi connectivity index (χ3v) is 1.65. The van der Waals surface area contributed by atoms with Crippen LogP contribution in [0, 0.1) is 0 Å². The van der Waals surface area contributed by atoms with Crippen LogP contribution in [0.25, 0.3) is 0 Å². The van der Waals surface area contributed by atoms with Crippen LogP contribution in [0.15, 0.2) is 24.3 Å². The molecule has 1 N–H and O–H groups in total. The van der Waals surface area contributed by atoms with Gasteiger partial charge in [0.25, 0.3) is 0 Å². The summed E-state index contributed by atoms with van der Waals surface area (Å²) < 4.78 is 5.38. The van der Waals surface area contributed by atoms with Gasteiger partial charge in [-0.05, 0) is 25.2 Å². The molecule has 0 amide bonds. The Kier molecular flexibility index (Phi) is 6.77. The summed E-state index contributed by atoms with van der Waals surface area (Å²) in [4.78, 5) is 0. The third kappa shape index (κ3) is 4.98. The number of ether oxygens (including phenoxy) is 1. The summed E-state index contributed by atoms with van der Waals surface area (Å²) in [6.45, 7) is 1.50. The fraction of sp³-hybridized carbons (Fsp3) is 0.333. The van der Waals surface area contributed by atoms with Crippen LogP contribution in [0.5, 0.6) is 5.75 Å². The van der Waals surface area contributed by atoms with E-state index in [0.717, 1.165) is 12.3 Å². The molecule has 0 unspecified atom stereocenters. The first kappa shape index (κ1) is 12.6. The van der Waals surface area contributed by atoms with Crippen LogP contribution >= 0.6 is 24.0 Å². The number of halogens is 2. The van der Waals surface area contributed by atoms with Crippen molar-refractivity contribution in [2.75, 3.05) is 20.2 Å². The molecule has 0 aromatic heterocycles. The molecule has 0 aliphatic carbocycles. The van der Waals surface area contributed by atoms with Crippen LogP contribution in [-0.4, -0.2) is 20.2 Å². The standard InChI is InChI=1S/C9H12ClNO.ClH/c1-11-5-6-12-9-4-2-3-8(10)7-9;/h2-4,7,11H,5-6H2,1H3;1H. The molecule has 1 aromatic carbocycles. The molecule has 0 radical (unpaired) electrons. The van der Waals surface area contributed by atoms with Gasteiger partial charge in [-0.3, -0.25) is 0 Å². The van der Waals surface area contributed by atoms with Gasteiger partial charge in [0.2, 0.25) is 0 Å². The van der Waals surface area contributed by atoms with E-state index in [9.17, 15) is 0 Å². The number of likely N-dealkylation sites (N-methyl/N-ethyl adjacent to an activating group) is 1. The lowest BCUT2D eigenvalue weighted by Crippen LogP contribution is -2.15. The molecule has 0 fully saturated rings. The van der Waals surface area contributed by atoms with Gasteiger partial charge in [0.05, 0.1) is 0 Å². The molecule has 0 bridgehead atoms. The Morgan fingerprint density at radius 2 is 2.23 bits per heavy atom. The van der Waals surface area contributed by atoms with E-state index in [1.54, 1.807) is 6.07 Å². The van der Waals surface area contributed by atoms with Gasteiger partial charge in [-0.25, -0.2) is 0 Å². The Morgan fingerprint density at radius 1 is 1.46 bits per heavy atom. The number of hydrogen-bond donors (Lipinski definition) is 1. The lowest BCUT2D eigenvalue weighted by atomic mass is 10.3. The van der Waals surface area contributed by atoms with Crippen LogP contribution < -0.4 is 10.1 Å². The van der Waals surface area contributed by atoms with E-state index in [1.165, 1.54) is 0 Å². The van der Waals surface area contributed by atoms with E-state index < -0.39 is 0 Å². The van der Waals surface area contributed by atoms with Gasteiger partial charge < -0.3 is 10.1 Å². The summed E-state index contributed by atoms with van der Waals surface area (Å²) in [5.74, 6) is 0.817. The molecule has 0 saturated heterocycles. The smallest absolute Gasteiger partial charge is 0.120 e. The van der Waals surface area contributed by atoms with Crippen molar-refractivity contribution < 1.29 is 4.74 Å². The summed E-state index contributed by atoms with van der Waals surface area (Å²) in [6, 6.07) is 7.39. The largest absolute Gasteiger partial charge is 0.492 e. The molecule has 1 rings (SSSR count). The minimum absolute atomic E-state index is 0. The fourth-order valence-corrected chi connectivity index (χ4v) is 1.01. The fourth-order valence-electron chi connectivity index (χ4n) is 0.828. The second-order valence-corrected chi connectivity index (χ2v) is 2.85. The summed E-state index contributed by atoms with van der Waals surface area (Å²) >= 11 is 5.76. The van der Waals surface area contributed by atoms with E-state index in [4.69, 9.17) is 16.3 Å². The molecule has 2 nitrogen and oxygen atoms in total. The van der Waals surface area contributed by atoms with Crippen molar-refractivity contribution >= 4 is 24.0 Å². The first-order valence-corrected chi connectivity index (χ1v) is 4.23. The summed E-state index contributed by atoms with van der Waals surface area (Å²) in [5, 5.41) is 3.70. The summed E-state index contributed by atoms with van der Waals surface area (Å²) in [6.07, 6.45) is 0. The maximum absolute atomic E-state index is 5.76. The SMILES string of the molecule is CNCCOc1cccc(Cl)c1.Cl. The highest BCUT2D eigenvalue weighted by Gasteiger charge is 1.92.